The third-order valence-corrected chi connectivity index (χ3v) is 4.20. The van der Waals surface area contributed by atoms with Crippen LogP contribution in [0.1, 0.15) is 66.7 Å². The summed E-state index contributed by atoms with van der Waals surface area (Å²) in [4.78, 5) is 0. The quantitative estimate of drug-likeness (QED) is 0.312. The van der Waals surface area contributed by atoms with Gasteiger partial charge in [-0.2, -0.15) is 0 Å². The minimum absolute atomic E-state index is 0.563. The molecule has 0 amide bonds. The maximum atomic E-state index is 6.08. The lowest BCUT2D eigenvalue weighted by Crippen LogP contribution is -2.10. The predicted molar refractivity (Wildman–Crippen MR) is 113 cm³/mol. The number of benzene rings is 1. The molecule has 5 nitrogen and oxygen atoms in total. The third kappa shape index (κ3) is 6.98. The molecule has 0 fully saturated rings. The Balaban J connectivity index is 3.57. The van der Waals surface area contributed by atoms with Crippen molar-refractivity contribution < 1.29 is 23.7 Å². The molecular formula is C21H35BrO5. The first kappa shape index (κ1) is 23.7. The van der Waals surface area contributed by atoms with E-state index in [9.17, 15) is 0 Å². The number of hydrogen-bond acceptors (Lipinski definition) is 5. The molecule has 0 atom stereocenters. The third-order valence-electron chi connectivity index (χ3n) is 3.48. The van der Waals surface area contributed by atoms with Gasteiger partial charge in [0, 0.05) is 0 Å². The van der Waals surface area contributed by atoms with Gasteiger partial charge in [-0.05, 0) is 48.0 Å². The zero-order valence-electron chi connectivity index (χ0n) is 17.5. The minimum Gasteiger partial charge on any atom is -0.488 e. The SMILES string of the molecule is CCCOc1c(Br)c(OCCC)c(OCCC)c(OCCC)c1OCCC. The lowest BCUT2D eigenvalue weighted by molar-refractivity contribution is 0.213. The number of ether oxygens (including phenoxy) is 5. The van der Waals surface area contributed by atoms with Gasteiger partial charge in [0.2, 0.25) is 17.2 Å². The first-order valence-corrected chi connectivity index (χ1v) is 11.0. The zero-order valence-corrected chi connectivity index (χ0v) is 19.1. The predicted octanol–water partition coefficient (Wildman–Crippen LogP) is 6.39. The fourth-order valence-electron chi connectivity index (χ4n) is 2.28. The lowest BCUT2D eigenvalue weighted by Gasteiger charge is -2.24. The van der Waals surface area contributed by atoms with Crippen molar-refractivity contribution in [3.05, 3.63) is 4.47 Å². The standard InChI is InChI=1S/C21H35BrO5/c1-6-11-23-17-16(22)18(24-12-7-2)20(26-14-9-4)21(27-15-10-5)19(17)25-13-8-3/h6-15H2,1-5H3. The Labute approximate surface area is 172 Å². The second kappa shape index (κ2) is 13.8. The van der Waals surface area contributed by atoms with Crippen molar-refractivity contribution in [3.8, 4) is 28.7 Å². The van der Waals surface area contributed by atoms with Crippen molar-refractivity contribution in [2.45, 2.75) is 66.7 Å². The lowest BCUT2D eigenvalue weighted by atomic mass is 10.2. The van der Waals surface area contributed by atoms with Crippen molar-refractivity contribution in [2.75, 3.05) is 33.0 Å². The summed E-state index contributed by atoms with van der Waals surface area (Å²) >= 11 is 3.66. The number of hydrogen-bond donors (Lipinski definition) is 0. The monoisotopic (exact) mass is 446 g/mol. The van der Waals surface area contributed by atoms with E-state index in [0.29, 0.717) is 66.3 Å². The molecule has 0 radical (unpaired) electrons. The highest BCUT2D eigenvalue weighted by Crippen LogP contribution is 2.56. The van der Waals surface area contributed by atoms with E-state index in [1.807, 2.05) is 0 Å². The average Bonchev–Trinajstić information content (AvgIpc) is 2.68. The van der Waals surface area contributed by atoms with Crippen molar-refractivity contribution in [1.29, 1.82) is 0 Å². The first-order valence-electron chi connectivity index (χ1n) is 10.2. The van der Waals surface area contributed by atoms with Gasteiger partial charge in [0.1, 0.15) is 4.47 Å². The summed E-state index contributed by atoms with van der Waals surface area (Å²) in [5, 5.41) is 0. The normalized spacial score (nSPS) is 10.6. The Morgan fingerprint density at radius 2 is 0.667 bits per heavy atom. The highest BCUT2D eigenvalue weighted by atomic mass is 79.9. The van der Waals surface area contributed by atoms with E-state index in [2.05, 4.69) is 50.5 Å². The molecule has 1 aromatic carbocycles. The van der Waals surface area contributed by atoms with Crippen LogP contribution in [-0.2, 0) is 0 Å². The second-order valence-electron chi connectivity index (χ2n) is 6.20. The Bertz CT molecular complexity index is 507. The molecule has 0 bridgehead atoms. The molecule has 1 aromatic rings. The highest BCUT2D eigenvalue weighted by Gasteiger charge is 2.29. The summed E-state index contributed by atoms with van der Waals surface area (Å²) in [5.74, 6) is 2.97. The van der Waals surface area contributed by atoms with Gasteiger partial charge in [0.05, 0.1) is 33.0 Å². The topological polar surface area (TPSA) is 46.2 Å². The molecule has 0 unspecified atom stereocenters. The van der Waals surface area contributed by atoms with Crippen LogP contribution in [0.4, 0.5) is 0 Å². The van der Waals surface area contributed by atoms with Crippen LogP contribution in [0.2, 0.25) is 0 Å². The molecule has 0 heterocycles. The van der Waals surface area contributed by atoms with Crippen molar-refractivity contribution in [1.82, 2.24) is 0 Å². The first-order chi connectivity index (χ1) is 13.2. The molecule has 6 heteroatoms. The summed E-state index contributed by atoms with van der Waals surface area (Å²) < 4.78 is 31.0. The molecule has 0 aliphatic heterocycles. The molecule has 0 aliphatic carbocycles. The molecular weight excluding hydrogens is 412 g/mol. The summed E-state index contributed by atoms with van der Waals surface area (Å²) in [6.07, 6.45) is 4.44. The van der Waals surface area contributed by atoms with Gasteiger partial charge in [0.15, 0.2) is 11.5 Å². The molecule has 0 saturated heterocycles. The Morgan fingerprint density at radius 1 is 0.444 bits per heavy atom. The number of rotatable bonds is 15. The van der Waals surface area contributed by atoms with Gasteiger partial charge in [-0.1, -0.05) is 34.6 Å². The minimum atomic E-state index is 0.563. The summed E-state index contributed by atoms with van der Waals surface area (Å²) in [6, 6.07) is 0. The molecule has 27 heavy (non-hydrogen) atoms. The molecule has 0 spiro atoms. The van der Waals surface area contributed by atoms with Crippen LogP contribution in [0.5, 0.6) is 28.7 Å². The van der Waals surface area contributed by atoms with Crippen LogP contribution in [0.3, 0.4) is 0 Å². The fraction of sp³-hybridized carbons (Fsp3) is 0.714. The average molecular weight is 447 g/mol. The van der Waals surface area contributed by atoms with E-state index in [4.69, 9.17) is 23.7 Å². The van der Waals surface area contributed by atoms with Gasteiger partial charge in [-0.3, -0.25) is 0 Å². The van der Waals surface area contributed by atoms with E-state index in [1.165, 1.54) is 0 Å². The largest absolute Gasteiger partial charge is 0.488 e. The van der Waals surface area contributed by atoms with E-state index >= 15 is 0 Å². The van der Waals surface area contributed by atoms with Crippen LogP contribution in [-0.4, -0.2) is 33.0 Å². The second-order valence-corrected chi connectivity index (χ2v) is 6.99. The van der Waals surface area contributed by atoms with Gasteiger partial charge < -0.3 is 23.7 Å². The summed E-state index contributed by atoms with van der Waals surface area (Å²) in [5.41, 5.74) is 0. The Kier molecular flexibility index (Phi) is 12.1. The molecule has 0 N–H and O–H groups in total. The molecule has 0 aliphatic rings. The fourth-order valence-corrected chi connectivity index (χ4v) is 2.87. The molecule has 1 rings (SSSR count). The van der Waals surface area contributed by atoms with Crippen molar-refractivity contribution >= 4 is 15.9 Å². The van der Waals surface area contributed by atoms with Gasteiger partial charge in [0.25, 0.3) is 0 Å². The summed E-state index contributed by atoms with van der Waals surface area (Å²) in [7, 11) is 0. The van der Waals surface area contributed by atoms with E-state index in [1.54, 1.807) is 0 Å². The molecule has 0 saturated carbocycles. The highest BCUT2D eigenvalue weighted by molar-refractivity contribution is 9.10. The molecule has 156 valence electrons. The van der Waals surface area contributed by atoms with Crippen LogP contribution in [0, 0.1) is 0 Å². The zero-order chi connectivity index (χ0) is 20.1. The van der Waals surface area contributed by atoms with Crippen LogP contribution >= 0.6 is 15.9 Å². The van der Waals surface area contributed by atoms with E-state index in [0.717, 1.165) is 32.1 Å². The van der Waals surface area contributed by atoms with E-state index in [-0.39, 0.29) is 0 Å². The van der Waals surface area contributed by atoms with Crippen LogP contribution in [0.15, 0.2) is 4.47 Å². The smallest absolute Gasteiger partial charge is 0.211 e. The van der Waals surface area contributed by atoms with Crippen LogP contribution < -0.4 is 23.7 Å². The van der Waals surface area contributed by atoms with Gasteiger partial charge >= 0.3 is 0 Å². The van der Waals surface area contributed by atoms with Crippen molar-refractivity contribution in [3.63, 3.8) is 0 Å². The Morgan fingerprint density at radius 3 is 0.926 bits per heavy atom. The maximum Gasteiger partial charge on any atom is 0.211 e. The summed E-state index contributed by atoms with van der Waals surface area (Å²) in [6.45, 7) is 13.2. The van der Waals surface area contributed by atoms with Crippen molar-refractivity contribution in [2.24, 2.45) is 0 Å². The van der Waals surface area contributed by atoms with Crippen LogP contribution in [0.25, 0.3) is 0 Å². The maximum absolute atomic E-state index is 6.08. The number of halogens is 1. The van der Waals surface area contributed by atoms with E-state index < -0.39 is 0 Å². The Hall–Kier alpha value is -1.30. The molecule has 0 aromatic heterocycles. The van der Waals surface area contributed by atoms with Gasteiger partial charge in [-0.25, -0.2) is 0 Å². The van der Waals surface area contributed by atoms with Gasteiger partial charge in [-0.15, -0.1) is 0 Å².